The molecule has 0 spiro atoms. The molecule has 0 atom stereocenters. The molecule has 2 aliphatic heterocycles. The van der Waals surface area contributed by atoms with Gasteiger partial charge in [-0.05, 0) is 27.0 Å². The Morgan fingerprint density at radius 3 is 1.48 bits per heavy atom. The topological polar surface area (TPSA) is 161 Å². The molecule has 2 fully saturated rings. The normalized spacial score (nSPS) is 15.0. The van der Waals surface area contributed by atoms with Crippen molar-refractivity contribution in [3.8, 4) is 0 Å². The van der Waals surface area contributed by atoms with Crippen LogP contribution in [-0.2, 0) is 0 Å². The van der Waals surface area contributed by atoms with Crippen molar-refractivity contribution in [3.05, 3.63) is 0 Å². The van der Waals surface area contributed by atoms with E-state index in [0.29, 0.717) is 16.7 Å². The van der Waals surface area contributed by atoms with Crippen LogP contribution < -0.4 is 27.4 Å². The molecule has 31 heavy (non-hydrogen) atoms. The lowest BCUT2D eigenvalue weighted by atomic mass is 10.5. The first-order valence-corrected chi connectivity index (χ1v) is 11.1. The first kappa shape index (κ1) is 39.5. The van der Waals surface area contributed by atoms with Crippen LogP contribution in [0.15, 0.2) is 20.0 Å². The second-order valence-electron chi connectivity index (χ2n) is 5.36. The number of hydrogen-bond acceptors (Lipinski definition) is 7. The monoisotopic (exact) mass is 480 g/mol. The molecule has 0 bridgehead atoms. The van der Waals surface area contributed by atoms with E-state index in [4.69, 9.17) is 16.9 Å². The molecular weight excluding hydrogens is 432 g/mol. The third-order valence-electron chi connectivity index (χ3n) is 2.54. The number of nitrogens with two attached hydrogens (primary N) is 2. The van der Waals surface area contributed by atoms with Crippen molar-refractivity contribution in [1.82, 2.24) is 16.0 Å². The average molecular weight is 481 g/mol. The number of thioether (sulfide) groups is 2. The third kappa shape index (κ3) is 39.1. The molecule has 12 heteroatoms. The van der Waals surface area contributed by atoms with Crippen molar-refractivity contribution < 1.29 is 0 Å². The van der Waals surface area contributed by atoms with Gasteiger partial charge in [-0.3, -0.25) is 20.0 Å². The summed E-state index contributed by atoms with van der Waals surface area (Å²) >= 11 is 3.23. The molecule has 186 valence electrons. The highest BCUT2D eigenvalue weighted by atomic mass is 32.2. The molecule has 2 heterocycles. The minimum atomic E-state index is 0. The van der Waals surface area contributed by atoms with Crippen LogP contribution in [-0.4, -0.2) is 87.7 Å². The van der Waals surface area contributed by atoms with Gasteiger partial charge < -0.3 is 32.8 Å². The summed E-state index contributed by atoms with van der Waals surface area (Å²) in [6.45, 7) is 8.34. The van der Waals surface area contributed by atoms with Gasteiger partial charge in [0.2, 0.25) is 0 Å². The van der Waals surface area contributed by atoms with Gasteiger partial charge in [0.05, 0.1) is 5.84 Å². The van der Waals surface area contributed by atoms with Crippen LogP contribution in [0.25, 0.3) is 0 Å². The summed E-state index contributed by atoms with van der Waals surface area (Å²) in [5, 5.41) is 17.4. The Labute approximate surface area is 199 Å². The van der Waals surface area contributed by atoms with Gasteiger partial charge in [-0.1, -0.05) is 38.4 Å². The lowest BCUT2D eigenvalue weighted by Gasteiger charge is -1.90. The van der Waals surface area contributed by atoms with Crippen molar-refractivity contribution >= 4 is 51.4 Å². The summed E-state index contributed by atoms with van der Waals surface area (Å²) in [5.41, 5.74) is 10.9. The predicted octanol–water partition coefficient (Wildman–Crippen LogP) is 2.08. The van der Waals surface area contributed by atoms with Crippen molar-refractivity contribution in [2.75, 3.05) is 59.8 Å². The zero-order valence-electron chi connectivity index (χ0n) is 19.1. The lowest BCUT2D eigenvalue weighted by molar-refractivity contribution is 0.942. The Bertz CT molecular complexity index is 484. The maximum Gasteiger partial charge on any atom is 0.191 e. The molecule has 0 radical (unpaired) electrons. The second kappa shape index (κ2) is 30.2. The highest BCUT2D eigenvalue weighted by Gasteiger charge is 2.03. The molecule has 8 N–H and O–H groups in total. The van der Waals surface area contributed by atoms with Gasteiger partial charge in [0.1, 0.15) is 0 Å². The number of rotatable bonds is 0. The van der Waals surface area contributed by atoms with Crippen LogP contribution in [0.4, 0.5) is 0 Å². The van der Waals surface area contributed by atoms with Gasteiger partial charge in [-0.2, -0.15) is 0 Å². The molecule has 0 aromatic heterocycles. The summed E-state index contributed by atoms with van der Waals surface area (Å²) in [7, 11) is 6.91. The summed E-state index contributed by atoms with van der Waals surface area (Å²) in [4.78, 5) is 15.1. The Balaban J connectivity index is -0.0000000909. The molecule has 0 aromatic rings. The maximum atomic E-state index is 6.50. The van der Waals surface area contributed by atoms with Crippen LogP contribution in [0.2, 0.25) is 0 Å². The molecule has 2 aliphatic rings. The van der Waals surface area contributed by atoms with Crippen molar-refractivity contribution in [3.63, 3.8) is 0 Å². The van der Waals surface area contributed by atoms with E-state index in [1.54, 1.807) is 60.7 Å². The highest BCUT2D eigenvalue weighted by Crippen LogP contribution is 2.05. The first-order chi connectivity index (χ1) is 13.7. The van der Waals surface area contributed by atoms with Crippen LogP contribution >= 0.6 is 23.5 Å². The molecule has 2 rings (SSSR count). The summed E-state index contributed by atoms with van der Waals surface area (Å²) < 4.78 is 0. The fourth-order valence-electron chi connectivity index (χ4n) is 1.17. The molecular formula is C19H48N10S2. The second-order valence-corrected chi connectivity index (χ2v) is 7.27. The molecule has 2 saturated heterocycles. The van der Waals surface area contributed by atoms with E-state index in [0.717, 1.165) is 30.8 Å². The highest BCUT2D eigenvalue weighted by molar-refractivity contribution is 8.14. The van der Waals surface area contributed by atoms with E-state index in [1.807, 2.05) is 6.26 Å². The quantitative estimate of drug-likeness (QED) is 0.228. The van der Waals surface area contributed by atoms with Crippen molar-refractivity contribution in [2.45, 2.75) is 35.6 Å². The van der Waals surface area contributed by atoms with E-state index < -0.39 is 0 Å². The van der Waals surface area contributed by atoms with Gasteiger partial charge in [0.25, 0.3) is 0 Å². The van der Waals surface area contributed by atoms with E-state index >= 15 is 0 Å². The summed E-state index contributed by atoms with van der Waals surface area (Å²) in [6.07, 6.45) is 1.89. The van der Waals surface area contributed by atoms with Crippen LogP contribution in [0, 0.1) is 5.41 Å². The fourth-order valence-corrected chi connectivity index (χ4v) is 2.09. The predicted molar refractivity (Wildman–Crippen MR) is 150 cm³/mol. The Hall–Kier alpha value is -1.95. The Morgan fingerprint density at radius 2 is 1.35 bits per heavy atom. The maximum absolute atomic E-state index is 6.50. The summed E-state index contributed by atoms with van der Waals surface area (Å²) in [6, 6.07) is 0. The van der Waals surface area contributed by atoms with Crippen molar-refractivity contribution in [1.29, 1.82) is 5.41 Å². The van der Waals surface area contributed by atoms with Gasteiger partial charge in [0.15, 0.2) is 16.3 Å². The smallest absolute Gasteiger partial charge is 0.191 e. The molecule has 0 amide bonds. The standard InChI is InChI=1S/C4H9N3.C4H8N2S.C3H8N2S.C3H8N2.C3H7N.2CH4/c2*1-5-4-6-2-3-7-4;1-5-3(4)6-2;1-3(4)5-2;1-3(2)4;;/h2-3H2,1H3,(H2,5,6,7);2-3H2,1H3,(H,5,6);1-2H3,(H2,4,5);1-2H3,(H2,4,5);4H,1-2H3;2*1H4. The van der Waals surface area contributed by atoms with Gasteiger partial charge in [-0.25, -0.2) is 0 Å². The minimum Gasteiger partial charge on any atom is -0.388 e. The van der Waals surface area contributed by atoms with Gasteiger partial charge in [0, 0.05) is 59.3 Å². The van der Waals surface area contributed by atoms with Gasteiger partial charge in [-0.15, -0.1) is 0 Å². The van der Waals surface area contributed by atoms with Crippen LogP contribution in [0.3, 0.4) is 0 Å². The average Bonchev–Trinajstić information content (AvgIpc) is 3.41. The number of guanidine groups is 1. The van der Waals surface area contributed by atoms with E-state index in [1.165, 1.54) is 17.5 Å². The molecule has 0 aromatic carbocycles. The number of nitrogens with one attached hydrogen (secondary N) is 4. The zero-order valence-corrected chi connectivity index (χ0v) is 20.7. The number of nitrogens with zero attached hydrogens (tertiary/aromatic N) is 4. The van der Waals surface area contributed by atoms with Gasteiger partial charge >= 0.3 is 0 Å². The SMILES string of the molecule is C.C.CC(C)=N.CN=C(C)N.CN=C(N)SC.CN=C1NCCN1.CN=C1NCCS1. The number of hydrogen-bond donors (Lipinski definition) is 6. The van der Waals surface area contributed by atoms with E-state index in [-0.39, 0.29) is 14.9 Å². The lowest BCUT2D eigenvalue weighted by Crippen LogP contribution is -2.23. The third-order valence-corrected chi connectivity index (χ3v) is 4.15. The molecule has 0 saturated carbocycles. The van der Waals surface area contributed by atoms with Crippen LogP contribution in [0.5, 0.6) is 0 Å². The molecule has 10 nitrogen and oxygen atoms in total. The van der Waals surface area contributed by atoms with E-state index in [2.05, 4.69) is 35.9 Å². The van der Waals surface area contributed by atoms with Crippen molar-refractivity contribution in [2.24, 2.45) is 31.4 Å². The summed E-state index contributed by atoms with van der Waals surface area (Å²) in [5.74, 6) is 2.72. The zero-order chi connectivity index (χ0) is 23.1. The molecule has 0 aliphatic carbocycles. The minimum absolute atomic E-state index is 0. The number of aliphatic imine (C=N–C) groups is 4. The fraction of sp³-hybridized carbons (Fsp3) is 0.737. The largest absolute Gasteiger partial charge is 0.388 e. The van der Waals surface area contributed by atoms with Crippen LogP contribution in [0.1, 0.15) is 35.6 Å². The Kier molecular flexibility index (Phi) is 38.6. The number of amidine groups is 3. The van der Waals surface area contributed by atoms with E-state index in [9.17, 15) is 0 Å². The Morgan fingerprint density at radius 1 is 0.903 bits per heavy atom. The molecule has 0 unspecified atom stereocenters. The first-order valence-electron chi connectivity index (χ1n) is 8.93.